The van der Waals surface area contributed by atoms with Crippen LogP contribution in [-0.4, -0.2) is 27.3 Å². The van der Waals surface area contributed by atoms with Crippen molar-refractivity contribution in [3.8, 4) is 11.3 Å². The van der Waals surface area contributed by atoms with E-state index in [9.17, 15) is 4.79 Å². The van der Waals surface area contributed by atoms with E-state index in [0.717, 1.165) is 17.8 Å². The van der Waals surface area contributed by atoms with E-state index in [1.165, 1.54) is 0 Å². The molecule has 2 rings (SSSR count). The molecule has 0 radical (unpaired) electrons. The van der Waals surface area contributed by atoms with Crippen LogP contribution in [-0.2, 0) is 11.3 Å². The Hall–Kier alpha value is -2.17. The molecular formula is C15H19N3O2. The topological polar surface area (TPSA) is 57.0 Å². The summed E-state index contributed by atoms with van der Waals surface area (Å²) in [4.78, 5) is 16.1. The number of nitrogens with zero attached hydrogens (tertiary/aromatic N) is 3. The number of aromatic nitrogens is 3. The van der Waals surface area contributed by atoms with Gasteiger partial charge in [-0.05, 0) is 25.0 Å². The van der Waals surface area contributed by atoms with Gasteiger partial charge in [-0.25, -0.2) is 4.79 Å². The molecule has 5 heteroatoms. The summed E-state index contributed by atoms with van der Waals surface area (Å²) in [5, 5.41) is 4.33. The van der Waals surface area contributed by atoms with Gasteiger partial charge in [0.15, 0.2) is 0 Å². The van der Waals surface area contributed by atoms with Crippen LogP contribution >= 0.6 is 0 Å². The van der Waals surface area contributed by atoms with Crippen LogP contribution in [0.3, 0.4) is 0 Å². The molecule has 5 nitrogen and oxygen atoms in total. The molecule has 2 heterocycles. The molecule has 0 unspecified atom stereocenters. The molecule has 0 bridgehead atoms. The van der Waals surface area contributed by atoms with E-state index in [0.29, 0.717) is 18.1 Å². The van der Waals surface area contributed by atoms with Gasteiger partial charge in [0.05, 0.1) is 18.5 Å². The summed E-state index contributed by atoms with van der Waals surface area (Å²) in [7, 11) is 0. The number of rotatable bonds is 5. The van der Waals surface area contributed by atoms with Crippen LogP contribution in [0.4, 0.5) is 0 Å². The first kappa shape index (κ1) is 14.2. The molecule has 0 N–H and O–H groups in total. The Labute approximate surface area is 118 Å². The molecule has 0 saturated heterocycles. The molecule has 0 aliphatic carbocycles. The van der Waals surface area contributed by atoms with Gasteiger partial charge in [0.1, 0.15) is 5.56 Å². The van der Waals surface area contributed by atoms with Crippen molar-refractivity contribution >= 4 is 5.97 Å². The Balaban J connectivity index is 2.48. The molecule has 0 atom stereocenters. The summed E-state index contributed by atoms with van der Waals surface area (Å²) in [6.45, 7) is 7.12. The molecular weight excluding hydrogens is 254 g/mol. The zero-order chi connectivity index (χ0) is 14.5. The van der Waals surface area contributed by atoms with Crippen LogP contribution in [0.5, 0.6) is 0 Å². The minimum Gasteiger partial charge on any atom is -0.462 e. The van der Waals surface area contributed by atoms with E-state index in [1.807, 2.05) is 16.8 Å². The molecule has 0 fully saturated rings. The van der Waals surface area contributed by atoms with Crippen molar-refractivity contribution in [2.45, 2.75) is 27.3 Å². The molecule has 20 heavy (non-hydrogen) atoms. The number of hydrogen-bond donors (Lipinski definition) is 0. The minimum absolute atomic E-state index is 0.339. The SMILES string of the molecule is CCOC(=O)c1cnn(CC(C)C)c1-c1ccncc1. The lowest BCUT2D eigenvalue weighted by atomic mass is 10.1. The second-order valence-corrected chi connectivity index (χ2v) is 4.94. The fourth-order valence-electron chi connectivity index (χ4n) is 2.04. The molecule has 0 aliphatic heterocycles. The van der Waals surface area contributed by atoms with Crippen molar-refractivity contribution in [1.29, 1.82) is 0 Å². The Kier molecular flexibility index (Phi) is 4.50. The van der Waals surface area contributed by atoms with Crippen LogP contribution in [0.15, 0.2) is 30.7 Å². The summed E-state index contributed by atoms with van der Waals surface area (Å²) < 4.78 is 6.95. The Bertz CT molecular complexity index is 576. The van der Waals surface area contributed by atoms with Gasteiger partial charge in [-0.2, -0.15) is 5.10 Å². The third-order valence-electron chi connectivity index (χ3n) is 2.83. The van der Waals surface area contributed by atoms with Crippen molar-refractivity contribution in [3.05, 3.63) is 36.3 Å². The Morgan fingerprint density at radius 1 is 1.35 bits per heavy atom. The second kappa shape index (κ2) is 6.32. The molecule has 0 spiro atoms. The Morgan fingerprint density at radius 2 is 2.05 bits per heavy atom. The molecule has 2 aromatic rings. The van der Waals surface area contributed by atoms with Crippen LogP contribution in [0.1, 0.15) is 31.1 Å². The van der Waals surface area contributed by atoms with E-state index in [4.69, 9.17) is 4.74 Å². The number of carbonyl (C=O) groups is 1. The molecule has 0 aromatic carbocycles. The van der Waals surface area contributed by atoms with Gasteiger partial charge in [0, 0.05) is 24.5 Å². The van der Waals surface area contributed by atoms with E-state index in [-0.39, 0.29) is 5.97 Å². The number of carbonyl (C=O) groups excluding carboxylic acids is 1. The van der Waals surface area contributed by atoms with Crippen molar-refractivity contribution in [1.82, 2.24) is 14.8 Å². The quantitative estimate of drug-likeness (QED) is 0.786. The number of esters is 1. The molecule has 0 saturated carbocycles. The van der Waals surface area contributed by atoms with Crippen molar-refractivity contribution in [3.63, 3.8) is 0 Å². The van der Waals surface area contributed by atoms with Gasteiger partial charge in [-0.15, -0.1) is 0 Å². The lowest BCUT2D eigenvalue weighted by Crippen LogP contribution is -2.10. The van der Waals surface area contributed by atoms with Crippen LogP contribution in [0.2, 0.25) is 0 Å². The summed E-state index contributed by atoms with van der Waals surface area (Å²) >= 11 is 0. The highest BCUT2D eigenvalue weighted by Gasteiger charge is 2.20. The van der Waals surface area contributed by atoms with Crippen LogP contribution in [0, 0.1) is 5.92 Å². The lowest BCUT2D eigenvalue weighted by molar-refractivity contribution is 0.0527. The smallest absolute Gasteiger partial charge is 0.341 e. The number of hydrogen-bond acceptors (Lipinski definition) is 4. The highest BCUT2D eigenvalue weighted by Crippen LogP contribution is 2.24. The van der Waals surface area contributed by atoms with E-state index >= 15 is 0 Å². The normalized spacial score (nSPS) is 10.8. The molecule has 0 amide bonds. The first-order valence-corrected chi connectivity index (χ1v) is 6.76. The summed E-state index contributed by atoms with van der Waals surface area (Å²) in [5.74, 6) is 0.0971. The number of pyridine rings is 1. The average molecular weight is 273 g/mol. The average Bonchev–Trinajstić information content (AvgIpc) is 2.83. The first-order valence-electron chi connectivity index (χ1n) is 6.76. The van der Waals surface area contributed by atoms with Gasteiger partial charge in [0.25, 0.3) is 0 Å². The largest absolute Gasteiger partial charge is 0.462 e. The van der Waals surface area contributed by atoms with Crippen molar-refractivity contribution in [2.24, 2.45) is 5.92 Å². The summed E-state index contributed by atoms with van der Waals surface area (Å²) in [5.41, 5.74) is 2.21. The molecule has 0 aliphatic rings. The maximum Gasteiger partial charge on any atom is 0.341 e. The fraction of sp³-hybridized carbons (Fsp3) is 0.400. The third-order valence-corrected chi connectivity index (χ3v) is 2.83. The second-order valence-electron chi connectivity index (χ2n) is 4.94. The van der Waals surface area contributed by atoms with Crippen LogP contribution < -0.4 is 0 Å². The maximum atomic E-state index is 12.0. The van der Waals surface area contributed by atoms with E-state index in [1.54, 1.807) is 25.5 Å². The highest BCUT2D eigenvalue weighted by atomic mass is 16.5. The standard InChI is InChI=1S/C15H19N3O2/c1-4-20-15(19)13-9-17-18(10-11(2)3)14(13)12-5-7-16-8-6-12/h5-9,11H,4,10H2,1-3H3. The van der Waals surface area contributed by atoms with Gasteiger partial charge in [-0.3, -0.25) is 9.67 Å². The zero-order valence-electron chi connectivity index (χ0n) is 12.0. The van der Waals surface area contributed by atoms with Crippen molar-refractivity contribution < 1.29 is 9.53 Å². The van der Waals surface area contributed by atoms with Gasteiger partial charge >= 0.3 is 5.97 Å². The van der Waals surface area contributed by atoms with Gasteiger partial charge in [0.2, 0.25) is 0 Å². The predicted molar refractivity (Wildman–Crippen MR) is 76.3 cm³/mol. The first-order chi connectivity index (χ1) is 9.63. The Morgan fingerprint density at radius 3 is 2.65 bits per heavy atom. The predicted octanol–water partition coefficient (Wildman–Crippen LogP) is 2.78. The zero-order valence-corrected chi connectivity index (χ0v) is 12.0. The number of ether oxygens (including phenoxy) is 1. The van der Waals surface area contributed by atoms with Gasteiger partial charge in [-0.1, -0.05) is 13.8 Å². The lowest BCUT2D eigenvalue weighted by Gasteiger charge is -2.11. The summed E-state index contributed by atoms with van der Waals surface area (Å²) in [6, 6.07) is 3.74. The van der Waals surface area contributed by atoms with E-state index in [2.05, 4.69) is 23.9 Å². The monoisotopic (exact) mass is 273 g/mol. The molecule has 2 aromatic heterocycles. The van der Waals surface area contributed by atoms with E-state index < -0.39 is 0 Å². The fourth-order valence-corrected chi connectivity index (χ4v) is 2.04. The minimum atomic E-state index is -0.339. The van der Waals surface area contributed by atoms with Crippen molar-refractivity contribution in [2.75, 3.05) is 6.61 Å². The third kappa shape index (κ3) is 3.04. The van der Waals surface area contributed by atoms with Crippen LogP contribution in [0.25, 0.3) is 11.3 Å². The highest BCUT2D eigenvalue weighted by molar-refractivity contribution is 5.96. The maximum absolute atomic E-state index is 12.0. The molecule has 106 valence electrons. The van der Waals surface area contributed by atoms with Gasteiger partial charge < -0.3 is 4.74 Å². The summed E-state index contributed by atoms with van der Waals surface area (Å²) in [6.07, 6.45) is 4.99.